The van der Waals surface area contributed by atoms with Gasteiger partial charge in [-0.25, -0.2) is 0 Å². The van der Waals surface area contributed by atoms with E-state index in [9.17, 15) is 0 Å². The predicted molar refractivity (Wildman–Crippen MR) is 60.8 cm³/mol. The normalized spacial score (nSPS) is 8.92. The first-order chi connectivity index (χ1) is 6.17. The van der Waals surface area contributed by atoms with Crippen LogP contribution in [0.1, 0.15) is 54.4 Å². The lowest BCUT2D eigenvalue weighted by molar-refractivity contribution is 0.246. The van der Waals surface area contributed by atoms with Gasteiger partial charge in [0, 0.05) is 5.92 Å². The molecule has 0 rings (SSSR count). The van der Waals surface area contributed by atoms with Gasteiger partial charge in [0.2, 0.25) is 0 Å². The van der Waals surface area contributed by atoms with Crippen LogP contribution in [0.2, 0.25) is 0 Å². The molecule has 0 saturated carbocycles. The first-order valence-corrected chi connectivity index (χ1v) is 5.43. The zero-order chi connectivity index (χ0) is 10.9. The van der Waals surface area contributed by atoms with Crippen LogP contribution >= 0.6 is 0 Å². The van der Waals surface area contributed by atoms with Crippen LogP contribution in [0.15, 0.2) is 11.3 Å². The summed E-state index contributed by atoms with van der Waals surface area (Å²) in [5, 5.41) is 0. The molecule has 0 unspecified atom stereocenters. The Bertz CT molecular complexity index is 128. The molecule has 0 heterocycles. The van der Waals surface area contributed by atoms with Crippen molar-refractivity contribution in [1.29, 1.82) is 0 Å². The van der Waals surface area contributed by atoms with Crippen molar-refractivity contribution in [1.82, 2.24) is 0 Å². The molecule has 0 spiro atoms. The van der Waals surface area contributed by atoms with Crippen molar-refractivity contribution in [3.8, 4) is 0 Å². The predicted octanol–water partition coefficient (Wildman–Crippen LogP) is 4.39. The van der Waals surface area contributed by atoms with E-state index in [4.69, 9.17) is 4.74 Å². The highest BCUT2D eigenvalue weighted by atomic mass is 16.5. The number of methoxy groups -OCH3 is 1. The van der Waals surface area contributed by atoms with Crippen LogP contribution in [-0.2, 0) is 4.74 Å². The molecule has 0 fully saturated rings. The van der Waals surface area contributed by atoms with E-state index in [2.05, 4.69) is 27.7 Å². The van der Waals surface area contributed by atoms with Gasteiger partial charge < -0.3 is 4.74 Å². The molecule has 0 aromatic rings. The van der Waals surface area contributed by atoms with Gasteiger partial charge in [-0.2, -0.15) is 0 Å². The average molecular weight is 186 g/mol. The lowest BCUT2D eigenvalue weighted by Gasteiger charge is -2.14. The maximum Gasteiger partial charge on any atom is 0.0972 e. The maximum atomic E-state index is 5.34. The van der Waals surface area contributed by atoms with Gasteiger partial charge in [-0.3, -0.25) is 0 Å². The van der Waals surface area contributed by atoms with Crippen molar-refractivity contribution in [2.24, 2.45) is 5.92 Å². The summed E-state index contributed by atoms with van der Waals surface area (Å²) in [6.07, 6.45) is 2.22. The van der Waals surface area contributed by atoms with Crippen molar-refractivity contribution in [3.05, 3.63) is 11.3 Å². The van der Waals surface area contributed by atoms with E-state index in [1.165, 1.54) is 11.3 Å². The molecule has 0 aliphatic carbocycles. The summed E-state index contributed by atoms with van der Waals surface area (Å²) < 4.78 is 5.34. The second-order valence-electron chi connectivity index (χ2n) is 3.03. The van der Waals surface area contributed by atoms with Gasteiger partial charge in [-0.15, -0.1) is 0 Å². The van der Waals surface area contributed by atoms with E-state index in [0.717, 1.165) is 12.8 Å². The van der Waals surface area contributed by atoms with Gasteiger partial charge in [0.05, 0.1) is 12.9 Å². The lowest BCUT2D eigenvalue weighted by atomic mass is 10.0. The van der Waals surface area contributed by atoms with Crippen molar-refractivity contribution >= 4 is 0 Å². The van der Waals surface area contributed by atoms with Crippen LogP contribution < -0.4 is 0 Å². The van der Waals surface area contributed by atoms with Gasteiger partial charge >= 0.3 is 0 Å². The monoisotopic (exact) mass is 186 g/mol. The van der Waals surface area contributed by atoms with Gasteiger partial charge in [0.25, 0.3) is 0 Å². The van der Waals surface area contributed by atoms with Crippen molar-refractivity contribution in [3.63, 3.8) is 0 Å². The van der Waals surface area contributed by atoms with Gasteiger partial charge in [-0.1, -0.05) is 41.5 Å². The van der Waals surface area contributed by atoms with Crippen LogP contribution in [-0.4, -0.2) is 7.11 Å². The van der Waals surface area contributed by atoms with Gasteiger partial charge in [0.15, 0.2) is 0 Å². The SMILES string of the molecule is CC.CCC(CC)=C(OC)C(C)C. The molecule has 13 heavy (non-hydrogen) atoms. The summed E-state index contributed by atoms with van der Waals surface area (Å²) in [4.78, 5) is 0. The second kappa shape index (κ2) is 9.63. The lowest BCUT2D eigenvalue weighted by Crippen LogP contribution is -2.01. The first-order valence-electron chi connectivity index (χ1n) is 5.43. The number of hydrogen-bond donors (Lipinski definition) is 0. The number of rotatable bonds is 4. The molecule has 0 bridgehead atoms. The van der Waals surface area contributed by atoms with Crippen LogP contribution in [0.4, 0.5) is 0 Å². The van der Waals surface area contributed by atoms with Gasteiger partial charge in [-0.05, 0) is 18.4 Å². The Morgan fingerprint density at radius 3 is 1.54 bits per heavy atom. The Morgan fingerprint density at radius 1 is 1.08 bits per heavy atom. The molecule has 0 saturated heterocycles. The van der Waals surface area contributed by atoms with Crippen LogP contribution in [0, 0.1) is 5.92 Å². The Kier molecular flexibility index (Phi) is 11.1. The molecule has 0 radical (unpaired) electrons. The molecule has 1 heteroatoms. The number of hydrogen-bond acceptors (Lipinski definition) is 1. The van der Waals surface area contributed by atoms with E-state index in [-0.39, 0.29) is 0 Å². The van der Waals surface area contributed by atoms with Gasteiger partial charge in [0.1, 0.15) is 0 Å². The maximum absolute atomic E-state index is 5.34. The summed E-state index contributed by atoms with van der Waals surface area (Å²) in [7, 11) is 1.76. The summed E-state index contributed by atoms with van der Waals surface area (Å²) in [5.41, 5.74) is 1.45. The minimum Gasteiger partial charge on any atom is -0.501 e. The summed E-state index contributed by atoms with van der Waals surface area (Å²) in [6.45, 7) is 12.7. The molecule has 0 N–H and O–H groups in total. The zero-order valence-electron chi connectivity index (χ0n) is 10.4. The Labute approximate surface area is 84.2 Å². The zero-order valence-corrected chi connectivity index (χ0v) is 10.4. The van der Waals surface area contributed by atoms with Crippen LogP contribution in [0.5, 0.6) is 0 Å². The molecule has 0 amide bonds. The Morgan fingerprint density at radius 2 is 1.46 bits per heavy atom. The standard InChI is InChI=1S/C10H20O.C2H6/c1-6-9(7-2)10(11-5)8(3)4;1-2/h8H,6-7H2,1-5H3;1-2H3. The van der Waals surface area contributed by atoms with E-state index in [1.54, 1.807) is 7.11 Å². The molecule has 80 valence electrons. The third-order valence-corrected chi connectivity index (χ3v) is 1.95. The molecular formula is C12H26O. The van der Waals surface area contributed by atoms with E-state index in [1.807, 2.05) is 13.8 Å². The quantitative estimate of drug-likeness (QED) is 0.592. The Hall–Kier alpha value is -0.460. The van der Waals surface area contributed by atoms with E-state index >= 15 is 0 Å². The molecule has 0 aliphatic heterocycles. The Balaban J connectivity index is 0. The molecule has 0 aromatic heterocycles. The largest absolute Gasteiger partial charge is 0.501 e. The minimum absolute atomic E-state index is 0.523. The third-order valence-electron chi connectivity index (χ3n) is 1.95. The van der Waals surface area contributed by atoms with Crippen molar-refractivity contribution < 1.29 is 4.74 Å². The molecule has 1 nitrogen and oxygen atoms in total. The first kappa shape index (κ1) is 15.0. The number of ether oxygens (including phenoxy) is 1. The van der Waals surface area contributed by atoms with Crippen LogP contribution in [0.25, 0.3) is 0 Å². The fraction of sp³-hybridized carbons (Fsp3) is 0.833. The second-order valence-corrected chi connectivity index (χ2v) is 3.03. The highest BCUT2D eigenvalue weighted by molar-refractivity contribution is 5.09. The fourth-order valence-corrected chi connectivity index (χ4v) is 1.39. The van der Waals surface area contributed by atoms with Crippen molar-refractivity contribution in [2.75, 3.05) is 7.11 Å². The molecule has 0 aromatic carbocycles. The summed E-state index contributed by atoms with van der Waals surface area (Å²) in [6, 6.07) is 0. The highest BCUT2D eigenvalue weighted by Gasteiger charge is 2.07. The third kappa shape index (κ3) is 5.73. The fourth-order valence-electron chi connectivity index (χ4n) is 1.39. The number of allylic oxidation sites excluding steroid dienone is 2. The topological polar surface area (TPSA) is 9.23 Å². The van der Waals surface area contributed by atoms with E-state index < -0.39 is 0 Å². The van der Waals surface area contributed by atoms with Crippen LogP contribution in [0.3, 0.4) is 0 Å². The average Bonchev–Trinajstić information content (AvgIpc) is 2.16. The smallest absolute Gasteiger partial charge is 0.0972 e. The summed E-state index contributed by atoms with van der Waals surface area (Å²) in [5.74, 6) is 1.70. The highest BCUT2D eigenvalue weighted by Crippen LogP contribution is 2.20. The van der Waals surface area contributed by atoms with Crippen molar-refractivity contribution in [2.45, 2.75) is 54.4 Å². The molecular weight excluding hydrogens is 160 g/mol. The molecule has 0 aliphatic rings. The summed E-state index contributed by atoms with van der Waals surface area (Å²) >= 11 is 0. The minimum atomic E-state index is 0.523. The molecule has 0 atom stereocenters. The van der Waals surface area contributed by atoms with E-state index in [0.29, 0.717) is 5.92 Å².